The molecule has 0 saturated carbocycles. The van der Waals surface area contributed by atoms with Gasteiger partial charge >= 0.3 is 11.9 Å². The molecule has 0 aromatic heterocycles. The van der Waals surface area contributed by atoms with Gasteiger partial charge in [0.1, 0.15) is 12.1 Å². The second-order valence-electron chi connectivity index (χ2n) is 13.3. The Morgan fingerprint density at radius 1 is 0.612 bits per heavy atom. The molecule has 0 aliphatic heterocycles. The van der Waals surface area contributed by atoms with Crippen LogP contribution in [0.2, 0.25) is 0 Å². The van der Waals surface area contributed by atoms with Gasteiger partial charge in [0, 0.05) is 12.8 Å². The molecule has 2 unspecified atom stereocenters. The first-order valence-electron chi connectivity index (χ1n) is 20.0. The number of nitrogens with two attached hydrogens (primary N) is 1. The second-order valence-corrected chi connectivity index (χ2v) is 13.3. The van der Waals surface area contributed by atoms with Crippen LogP contribution in [0.1, 0.15) is 181 Å². The lowest BCUT2D eigenvalue weighted by atomic mass is 10.0. The van der Waals surface area contributed by atoms with E-state index in [1.807, 2.05) is 0 Å². The van der Waals surface area contributed by atoms with E-state index >= 15 is 0 Å². The summed E-state index contributed by atoms with van der Waals surface area (Å²) < 4.78 is 5.99. The third-order valence-electron chi connectivity index (χ3n) is 8.66. The molecule has 49 heavy (non-hydrogen) atoms. The summed E-state index contributed by atoms with van der Waals surface area (Å²) >= 11 is 0. The van der Waals surface area contributed by atoms with Gasteiger partial charge in [0.05, 0.1) is 0 Å². The maximum atomic E-state index is 12.7. The van der Waals surface area contributed by atoms with Crippen LogP contribution in [0.4, 0.5) is 0 Å². The molecule has 0 bridgehead atoms. The van der Waals surface area contributed by atoms with Crippen LogP contribution in [0.25, 0.3) is 0 Å². The molecule has 2 atom stereocenters. The molecule has 0 radical (unpaired) electrons. The first-order chi connectivity index (χ1) is 23.9. The van der Waals surface area contributed by atoms with Crippen molar-refractivity contribution in [3.05, 3.63) is 48.6 Å². The third-order valence-corrected chi connectivity index (χ3v) is 8.66. The fourth-order valence-corrected chi connectivity index (χ4v) is 5.68. The molecule has 4 N–H and O–H groups in total. The molecular formula is C42H74N2O5. The van der Waals surface area contributed by atoms with E-state index in [9.17, 15) is 19.5 Å². The van der Waals surface area contributed by atoms with Gasteiger partial charge in [-0.1, -0.05) is 127 Å². The van der Waals surface area contributed by atoms with Gasteiger partial charge in [-0.05, 0) is 96.4 Å². The van der Waals surface area contributed by atoms with Crippen LogP contribution in [0.3, 0.4) is 0 Å². The molecule has 0 fully saturated rings. The number of carboxylic acids is 1. The number of esters is 1. The molecule has 1 amide bonds. The van der Waals surface area contributed by atoms with Crippen LogP contribution < -0.4 is 11.1 Å². The Bertz CT molecular complexity index is 911. The highest BCUT2D eigenvalue weighted by Crippen LogP contribution is 2.18. The molecule has 0 heterocycles. The molecule has 0 aromatic rings. The number of rotatable bonds is 35. The standard InChI is InChI=1S/C42H74N2O5/c1-3-5-7-9-11-13-14-15-16-17-18-19-21-26-30-36-41(46)49-38(32-27-23-20-12-10-8-6-4-2)33-28-24-22-25-29-35-40(45)44-39(42(47)48)34-31-37-43/h5,7,11,13,15-16,18-19,38-39H,3-4,6,8-10,12,14,17,20-37,43H2,1-2H3,(H,44,45)(H,47,48)/b7-5-,13-11-,16-15-,19-18-. The van der Waals surface area contributed by atoms with E-state index in [0.717, 1.165) is 96.3 Å². The zero-order valence-electron chi connectivity index (χ0n) is 31.5. The molecule has 0 aliphatic rings. The number of nitrogens with one attached hydrogen (secondary N) is 1. The Balaban J connectivity index is 4.33. The first-order valence-corrected chi connectivity index (χ1v) is 20.0. The highest BCUT2D eigenvalue weighted by atomic mass is 16.5. The van der Waals surface area contributed by atoms with E-state index in [2.05, 4.69) is 67.8 Å². The van der Waals surface area contributed by atoms with E-state index in [4.69, 9.17) is 10.5 Å². The average molecular weight is 687 g/mol. The summed E-state index contributed by atoms with van der Waals surface area (Å²) in [7, 11) is 0. The molecule has 0 aromatic carbocycles. The van der Waals surface area contributed by atoms with Gasteiger partial charge in [0.15, 0.2) is 0 Å². The summed E-state index contributed by atoms with van der Waals surface area (Å²) in [5, 5.41) is 11.9. The largest absolute Gasteiger partial charge is 0.480 e. The number of carbonyl (C=O) groups is 3. The van der Waals surface area contributed by atoms with Crippen molar-refractivity contribution in [1.82, 2.24) is 5.32 Å². The van der Waals surface area contributed by atoms with E-state index in [1.165, 1.54) is 44.9 Å². The quantitative estimate of drug-likeness (QED) is 0.0347. The lowest BCUT2D eigenvalue weighted by molar-refractivity contribution is -0.150. The summed E-state index contributed by atoms with van der Waals surface area (Å²) in [6.45, 7) is 4.81. The minimum Gasteiger partial charge on any atom is -0.480 e. The predicted octanol–water partition coefficient (Wildman–Crippen LogP) is 10.8. The Morgan fingerprint density at radius 3 is 1.67 bits per heavy atom. The molecule has 0 saturated heterocycles. The average Bonchev–Trinajstić information content (AvgIpc) is 3.08. The van der Waals surface area contributed by atoms with Gasteiger partial charge in [0.2, 0.25) is 5.91 Å². The Labute approximate surface area is 300 Å². The molecular weight excluding hydrogens is 612 g/mol. The number of amides is 1. The van der Waals surface area contributed by atoms with Gasteiger partial charge in [-0.15, -0.1) is 0 Å². The molecule has 7 heteroatoms. The van der Waals surface area contributed by atoms with Crippen molar-refractivity contribution in [2.75, 3.05) is 6.54 Å². The number of aliphatic carboxylic acids is 1. The molecule has 282 valence electrons. The topological polar surface area (TPSA) is 119 Å². The van der Waals surface area contributed by atoms with E-state index in [-0.39, 0.29) is 18.0 Å². The van der Waals surface area contributed by atoms with Crippen LogP contribution in [-0.4, -0.2) is 41.6 Å². The SMILES string of the molecule is CC/C=C\C/C=C\C/C=C\C/C=C\CCCCC(=O)OC(CCCCCCCCCC)CCCCCCCC(=O)NC(CCCN)C(=O)O. The fourth-order valence-electron chi connectivity index (χ4n) is 5.68. The zero-order chi connectivity index (χ0) is 36.0. The van der Waals surface area contributed by atoms with Crippen LogP contribution in [0.5, 0.6) is 0 Å². The van der Waals surface area contributed by atoms with Crippen LogP contribution in [0, 0.1) is 0 Å². The summed E-state index contributed by atoms with van der Waals surface area (Å²) in [6.07, 6.45) is 42.9. The number of unbranched alkanes of at least 4 members (excludes halogenated alkanes) is 13. The van der Waals surface area contributed by atoms with E-state index < -0.39 is 12.0 Å². The minimum absolute atomic E-state index is 0.00539. The maximum absolute atomic E-state index is 12.7. The number of carbonyl (C=O) groups excluding carboxylic acids is 2. The lowest BCUT2D eigenvalue weighted by Crippen LogP contribution is -2.40. The van der Waals surface area contributed by atoms with Crippen molar-refractivity contribution in [1.29, 1.82) is 0 Å². The summed E-state index contributed by atoms with van der Waals surface area (Å²) in [4.78, 5) is 36.2. The molecule has 0 aliphatic carbocycles. The zero-order valence-corrected chi connectivity index (χ0v) is 31.5. The molecule has 7 nitrogen and oxygen atoms in total. The van der Waals surface area contributed by atoms with Gasteiger partial charge in [0.25, 0.3) is 0 Å². The van der Waals surface area contributed by atoms with Gasteiger partial charge in [-0.2, -0.15) is 0 Å². The van der Waals surface area contributed by atoms with E-state index in [0.29, 0.717) is 32.2 Å². The summed E-state index contributed by atoms with van der Waals surface area (Å²) in [6, 6.07) is -0.859. The van der Waals surface area contributed by atoms with Gasteiger partial charge < -0.3 is 20.9 Å². The monoisotopic (exact) mass is 687 g/mol. The lowest BCUT2D eigenvalue weighted by Gasteiger charge is -2.18. The number of hydrogen-bond acceptors (Lipinski definition) is 5. The maximum Gasteiger partial charge on any atom is 0.326 e. The highest BCUT2D eigenvalue weighted by molar-refractivity contribution is 5.83. The minimum atomic E-state index is -1.01. The Hall–Kier alpha value is -2.67. The van der Waals surface area contributed by atoms with Crippen molar-refractivity contribution in [2.24, 2.45) is 5.73 Å². The molecule has 0 rings (SSSR count). The number of allylic oxidation sites excluding steroid dienone is 8. The summed E-state index contributed by atoms with van der Waals surface area (Å²) in [5.74, 6) is -1.28. The first kappa shape index (κ1) is 46.3. The Morgan fingerprint density at radius 2 is 1.12 bits per heavy atom. The smallest absolute Gasteiger partial charge is 0.326 e. The van der Waals surface area contributed by atoms with Gasteiger partial charge in [-0.25, -0.2) is 4.79 Å². The van der Waals surface area contributed by atoms with Crippen molar-refractivity contribution in [3.63, 3.8) is 0 Å². The Kier molecular flexibility index (Phi) is 34.6. The third kappa shape index (κ3) is 33.6. The summed E-state index contributed by atoms with van der Waals surface area (Å²) in [5.41, 5.74) is 5.47. The number of ether oxygens (including phenoxy) is 1. The van der Waals surface area contributed by atoms with Crippen molar-refractivity contribution in [3.8, 4) is 0 Å². The van der Waals surface area contributed by atoms with Crippen molar-refractivity contribution < 1.29 is 24.2 Å². The second kappa shape index (κ2) is 36.6. The van der Waals surface area contributed by atoms with Crippen LogP contribution >= 0.6 is 0 Å². The van der Waals surface area contributed by atoms with Crippen molar-refractivity contribution in [2.45, 2.75) is 193 Å². The van der Waals surface area contributed by atoms with Crippen LogP contribution in [-0.2, 0) is 19.1 Å². The van der Waals surface area contributed by atoms with E-state index in [1.54, 1.807) is 0 Å². The van der Waals surface area contributed by atoms with Crippen molar-refractivity contribution >= 4 is 17.8 Å². The number of carboxylic acid groups (broad SMARTS) is 1. The van der Waals surface area contributed by atoms with Crippen LogP contribution in [0.15, 0.2) is 48.6 Å². The number of hydrogen-bond donors (Lipinski definition) is 3. The van der Waals surface area contributed by atoms with Gasteiger partial charge in [-0.3, -0.25) is 9.59 Å². The highest BCUT2D eigenvalue weighted by Gasteiger charge is 2.19. The normalized spacial score (nSPS) is 13.2. The fraction of sp³-hybridized carbons (Fsp3) is 0.738. The predicted molar refractivity (Wildman–Crippen MR) is 206 cm³/mol. The molecule has 0 spiro atoms.